The minimum Gasteiger partial charge on any atom is -0.378 e. The molecule has 0 saturated heterocycles. The lowest BCUT2D eigenvalue weighted by atomic mass is 9.70. The summed E-state index contributed by atoms with van der Waals surface area (Å²) in [5, 5.41) is 0. The first-order valence-electron chi connectivity index (χ1n) is 15.4. The van der Waals surface area contributed by atoms with Gasteiger partial charge in [0.2, 0.25) is 0 Å². The second-order valence-electron chi connectivity index (χ2n) is 12.7. The summed E-state index contributed by atoms with van der Waals surface area (Å²) in [6.07, 6.45) is 27.8. The maximum absolute atomic E-state index is 6.28. The summed E-state index contributed by atoms with van der Waals surface area (Å²) in [5.74, 6) is 6.10. The summed E-state index contributed by atoms with van der Waals surface area (Å²) in [4.78, 5) is 0. The van der Waals surface area contributed by atoms with Crippen molar-refractivity contribution in [2.45, 2.75) is 148 Å². The van der Waals surface area contributed by atoms with E-state index in [1.807, 2.05) is 0 Å². The van der Waals surface area contributed by atoms with Crippen LogP contribution in [0.3, 0.4) is 0 Å². The molecule has 0 N–H and O–H groups in total. The van der Waals surface area contributed by atoms with E-state index in [1.165, 1.54) is 122 Å². The van der Waals surface area contributed by atoms with Gasteiger partial charge in [-0.25, -0.2) is 0 Å². The molecular formula is C31H56O2. The van der Waals surface area contributed by atoms with Crippen molar-refractivity contribution in [2.24, 2.45) is 35.5 Å². The standard InChI is InChI=1S/C31H56O2/c1-3-25-8-12-27(13-9-25)29-16-20-31(21-17-29)33-23-5-4-22-32-30-18-14-28(15-19-30)26-10-6-24(2)7-11-26/h24-31H,3-23H2,1-2H3. The molecule has 0 aromatic carbocycles. The highest BCUT2D eigenvalue weighted by Crippen LogP contribution is 2.42. The second-order valence-corrected chi connectivity index (χ2v) is 12.7. The Morgan fingerprint density at radius 1 is 0.485 bits per heavy atom. The van der Waals surface area contributed by atoms with E-state index in [-0.39, 0.29) is 0 Å². The molecule has 0 bridgehead atoms. The van der Waals surface area contributed by atoms with Gasteiger partial charge in [0, 0.05) is 13.2 Å². The zero-order chi connectivity index (χ0) is 22.9. The minimum absolute atomic E-state index is 0.548. The van der Waals surface area contributed by atoms with Crippen LogP contribution in [0.4, 0.5) is 0 Å². The lowest BCUT2D eigenvalue weighted by Gasteiger charge is -2.37. The van der Waals surface area contributed by atoms with Gasteiger partial charge in [-0.1, -0.05) is 46.0 Å². The molecular weight excluding hydrogens is 404 g/mol. The van der Waals surface area contributed by atoms with E-state index in [0.29, 0.717) is 12.2 Å². The summed E-state index contributed by atoms with van der Waals surface area (Å²) in [5.41, 5.74) is 0. The number of rotatable bonds is 10. The van der Waals surface area contributed by atoms with Gasteiger partial charge in [-0.15, -0.1) is 0 Å². The fourth-order valence-corrected chi connectivity index (χ4v) is 7.98. The van der Waals surface area contributed by atoms with E-state index in [2.05, 4.69) is 13.8 Å². The monoisotopic (exact) mass is 460 g/mol. The first-order valence-corrected chi connectivity index (χ1v) is 15.4. The molecule has 0 spiro atoms. The number of hydrogen-bond donors (Lipinski definition) is 0. The maximum Gasteiger partial charge on any atom is 0.0575 e. The van der Waals surface area contributed by atoms with Crippen LogP contribution in [-0.4, -0.2) is 25.4 Å². The highest BCUT2D eigenvalue weighted by molar-refractivity contribution is 4.83. The van der Waals surface area contributed by atoms with E-state index in [0.717, 1.165) is 48.7 Å². The highest BCUT2D eigenvalue weighted by atomic mass is 16.5. The Morgan fingerprint density at radius 3 is 1.24 bits per heavy atom. The SMILES string of the molecule is CCC1CCC(C2CCC(OCCCCOC3CCC(C4CCC(C)CC4)CC3)CC2)CC1. The Morgan fingerprint density at radius 2 is 0.848 bits per heavy atom. The average molecular weight is 461 g/mol. The zero-order valence-corrected chi connectivity index (χ0v) is 22.3. The summed E-state index contributed by atoms with van der Waals surface area (Å²) in [6.45, 7) is 6.72. The predicted molar refractivity (Wildman–Crippen MR) is 139 cm³/mol. The normalized spacial score (nSPS) is 40.5. The Bertz CT molecular complexity index is 501. The third-order valence-corrected chi connectivity index (χ3v) is 10.5. The first kappa shape index (κ1) is 26.0. The average Bonchev–Trinajstić information content (AvgIpc) is 2.87. The number of unbranched alkanes of at least 4 members (excludes halogenated alkanes) is 1. The quantitative estimate of drug-likeness (QED) is 0.303. The van der Waals surface area contributed by atoms with Crippen molar-refractivity contribution >= 4 is 0 Å². The van der Waals surface area contributed by atoms with Gasteiger partial charge in [0.05, 0.1) is 12.2 Å². The summed E-state index contributed by atoms with van der Waals surface area (Å²) in [6, 6.07) is 0. The van der Waals surface area contributed by atoms with E-state index in [1.54, 1.807) is 0 Å². The van der Waals surface area contributed by atoms with Crippen LogP contribution in [0.15, 0.2) is 0 Å². The van der Waals surface area contributed by atoms with Gasteiger partial charge in [-0.05, 0) is 125 Å². The van der Waals surface area contributed by atoms with Crippen molar-refractivity contribution in [1.82, 2.24) is 0 Å². The molecule has 2 nitrogen and oxygen atoms in total. The molecule has 0 aromatic rings. The maximum atomic E-state index is 6.28. The number of hydrogen-bond acceptors (Lipinski definition) is 2. The largest absolute Gasteiger partial charge is 0.378 e. The fraction of sp³-hybridized carbons (Fsp3) is 1.00. The fourth-order valence-electron chi connectivity index (χ4n) is 7.98. The predicted octanol–water partition coefficient (Wildman–Crippen LogP) is 8.96. The Labute approximate surface area is 206 Å². The molecule has 2 heteroatoms. The van der Waals surface area contributed by atoms with Gasteiger partial charge in [-0.2, -0.15) is 0 Å². The van der Waals surface area contributed by atoms with Crippen molar-refractivity contribution in [3.8, 4) is 0 Å². The van der Waals surface area contributed by atoms with Crippen LogP contribution in [0.5, 0.6) is 0 Å². The molecule has 0 aromatic heterocycles. The van der Waals surface area contributed by atoms with Crippen molar-refractivity contribution in [2.75, 3.05) is 13.2 Å². The molecule has 4 fully saturated rings. The molecule has 4 saturated carbocycles. The van der Waals surface area contributed by atoms with Crippen LogP contribution in [0.2, 0.25) is 0 Å². The molecule has 0 unspecified atom stereocenters. The summed E-state index contributed by atoms with van der Waals surface area (Å²) >= 11 is 0. The smallest absolute Gasteiger partial charge is 0.0575 e. The Kier molecular flexibility index (Phi) is 10.9. The number of ether oxygens (including phenoxy) is 2. The molecule has 0 radical (unpaired) electrons. The third-order valence-electron chi connectivity index (χ3n) is 10.5. The molecule has 4 aliphatic rings. The molecule has 0 heterocycles. The van der Waals surface area contributed by atoms with Gasteiger partial charge in [0.15, 0.2) is 0 Å². The molecule has 0 atom stereocenters. The van der Waals surface area contributed by atoms with E-state index in [9.17, 15) is 0 Å². The van der Waals surface area contributed by atoms with Crippen molar-refractivity contribution in [3.63, 3.8) is 0 Å². The van der Waals surface area contributed by atoms with Gasteiger partial charge in [0.25, 0.3) is 0 Å². The van der Waals surface area contributed by atoms with Crippen molar-refractivity contribution in [3.05, 3.63) is 0 Å². The summed E-state index contributed by atoms with van der Waals surface area (Å²) < 4.78 is 12.5. The lowest BCUT2D eigenvalue weighted by Crippen LogP contribution is -2.29. The second kappa shape index (κ2) is 13.9. The summed E-state index contributed by atoms with van der Waals surface area (Å²) in [7, 11) is 0. The van der Waals surface area contributed by atoms with Crippen molar-refractivity contribution < 1.29 is 9.47 Å². The topological polar surface area (TPSA) is 18.5 Å². The van der Waals surface area contributed by atoms with Gasteiger partial charge in [0.1, 0.15) is 0 Å². The lowest BCUT2D eigenvalue weighted by molar-refractivity contribution is -0.00983. The van der Waals surface area contributed by atoms with Crippen LogP contribution in [0.1, 0.15) is 136 Å². The van der Waals surface area contributed by atoms with Crippen LogP contribution in [0, 0.1) is 35.5 Å². The minimum atomic E-state index is 0.548. The molecule has 4 rings (SSSR count). The first-order chi connectivity index (χ1) is 16.2. The van der Waals surface area contributed by atoms with Gasteiger partial charge in [-0.3, -0.25) is 0 Å². The van der Waals surface area contributed by atoms with E-state index in [4.69, 9.17) is 9.47 Å². The molecule has 33 heavy (non-hydrogen) atoms. The Hall–Kier alpha value is -0.0800. The van der Waals surface area contributed by atoms with E-state index < -0.39 is 0 Å². The molecule has 192 valence electrons. The third kappa shape index (κ3) is 8.23. The van der Waals surface area contributed by atoms with Crippen molar-refractivity contribution in [1.29, 1.82) is 0 Å². The molecule has 0 aliphatic heterocycles. The molecule has 4 aliphatic carbocycles. The van der Waals surface area contributed by atoms with Crippen LogP contribution in [-0.2, 0) is 9.47 Å². The van der Waals surface area contributed by atoms with Crippen LogP contribution < -0.4 is 0 Å². The highest BCUT2D eigenvalue weighted by Gasteiger charge is 2.31. The van der Waals surface area contributed by atoms with Crippen LogP contribution >= 0.6 is 0 Å². The van der Waals surface area contributed by atoms with Crippen LogP contribution in [0.25, 0.3) is 0 Å². The zero-order valence-electron chi connectivity index (χ0n) is 22.3. The van der Waals surface area contributed by atoms with Gasteiger partial charge < -0.3 is 9.47 Å². The Balaban J connectivity index is 0.978. The molecule has 0 amide bonds. The van der Waals surface area contributed by atoms with E-state index >= 15 is 0 Å². The van der Waals surface area contributed by atoms with Gasteiger partial charge >= 0.3 is 0 Å².